The molecule has 1 atom stereocenters. The summed E-state index contributed by atoms with van der Waals surface area (Å²) < 4.78 is 10.4. The number of benzene rings is 2. The zero-order valence-corrected chi connectivity index (χ0v) is 16.0. The van der Waals surface area contributed by atoms with Crippen molar-refractivity contribution in [2.45, 2.75) is 24.0 Å². The van der Waals surface area contributed by atoms with Gasteiger partial charge in [-0.3, -0.25) is 9.59 Å². The van der Waals surface area contributed by atoms with Gasteiger partial charge in [-0.05, 0) is 43.3 Å². The van der Waals surface area contributed by atoms with Crippen molar-refractivity contribution in [1.82, 2.24) is 0 Å². The highest BCUT2D eigenvalue weighted by atomic mass is 32.2. The third kappa shape index (κ3) is 5.42. The van der Waals surface area contributed by atoms with Crippen LogP contribution in [0.5, 0.6) is 11.5 Å². The molecule has 0 aliphatic heterocycles. The number of methoxy groups -OCH3 is 2. The second-order valence-corrected chi connectivity index (χ2v) is 6.94. The summed E-state index contributed by atoms with van der Waals surface area (Å²) in [4.78, 5) is 24.5. The Morgan fingerprint density at radius 3 is 2.27 bits per heavy atom. The molecule has 0 radical (unpaired) electrons. The van der Waals surface area contributed by atoms with Crippen molar-refractivity contribution in [2.24, 2.45) is 0 Å². The highest BCUT2D eigenvalue weighted by molar-refractivity contribution is 8.00. The predicted molar refractivity (Wildman–Crippen MR) is 104 cm³/mol. The summed E-state index contributed by atoms with van der Waals surface area (Å²) in [5, 5.41) is 5.27. The standard InChI is InChI=1S/C19H22N2O4S/c1-12(26-16-8-5-14(6-9-16)20-13(2)22)19(23)21-17-10-7-15(24-3)11-18(17)25-4/h5-12H,1-4H3,(H,20,22)(H,21,23). The van der Waals surface area contributed by atoms with Gasteiger partial charge in [-0.25, -0.2) is 0 Å². The largest absolute Gasteiger partial charge is 0.497 e. The summed E-state index contributed by atoms with van der Waals surface area (Å²) in [7, 11) is 3.11. The number of rotatable bonds is 7. The monoisotopic (exact) mass is 374 g/mol. The van der Waals surface area contributed by atoms with Gasteiger partial charge < -0.3 is 20.1 Å². The number of anilines is 2. The van der Waals surface area contributed by atoms with Gasteiger partial charge in [0, 0.05) is 23.6 Å². The van der Waals surface area contributed by atoms with E-state index in [1.54, 1.807) is 44.6 Å². The van der Waals surface area contributed by atoms with Crippen LogP contribution in [0, 0.1) is 0 Å². The molecule has 7 heteroatoms. The Kier molecular flexibility index (Phi) is 6.91. The highest BCUT2D eigenvalue weighted by Crippen LogP contribution is 2.31. The zero-order chi connectivity index (χ0) is 19.1. The molecule has 2 amide bonds. The molecule has 2 aromatic carbocycles. The summed E-state index contributed by atoms with van der Waals surface area (Å²) >= 11 is 1.43. The Bertz CT molecular complexity index is 778. The summed E-state index contributed by atoms with van der Waals surface area (Å²) in [6.07, 6.45) is 0. The quantitative estimate of drug-likeness (QED) is 0.721. The van der Waals surface area contributed by atoms with Gasteiger partial charge in [0.15, 0.2) is 0 Å². The van der Waals surface area contributed by atoms with Gasteiger partial charge >= 0.3 is 0 Å². The first-order chi connectivity index (χ1) is 12.4. The van der Waals surface area contributed by atoms with Gasteiger partial charge in [0.05, 0.1) is 25.2 Å². The second-order valence-electron chi connectivity index (χ2n) is 5.52. The fourth-order valence-electron chi connectivity index (χ4n) is 2.21. The molecule has 0 bridgehead atoms. The minimum atomic E-state index is -0.312. The van der Waals surface area contributed by atoms with Gasteiger partial charge in [0.1, 0.15) is 11.5 Å². The Labute approximate surface area is 157 Å². The number of amides is 2. The van der Waals surface area contributed by atoms with Crippen LogP contribution >= 0.6 is 11.8 Å². The number of ether oxygens (including phenoxy) is 2. The minimum absolute atomic E-state index is 0.119. The van der Waals surface area contributed by atoms with E-state index < -0.39 is 0 Å². The highest BCUT2D eigenvalue weighted by Gasteiger charge is 2.17. The fraction of sp³-hybridized carbons (Fsp3) is 0.263. The molecular formula is C19H22N2O4S. The lowest BCUT2D eigenvalue weighted by Gasteiger charge is -2.15. The molecule has 0 aromatic heterocycles. The van der Waals surface area contributed by atoms with Crippen LogP contribution in [0.25, 0.3) is 0 Å². The Morgan fingerprint density at radius 1 is 1.00 bits per heavy atom. The van der Waals surface area contributed by atoms with Crippen LogP contribution < -0.4 is 20.1 Å². The molecule has 26 heavy (non-hydrogen) atoms. The van der Waals surface area contributed by atoms with Gasteiger partial charge in [0.2, 0.25) is 11.8 Å². The number of thioether (sulfide) groups is 1. The summed E-state index contributed by atoms with van der Waals surface area (Å²) in [5.74, 6) is 0.937. The van der Waals surface area contributed by atoms with E-state index in [1.807, 2.05) is 19.1 Å². The van der Waals surface area contributed by atoms with Gasteiger partial charge in [-0.2, -0.15) is 0 Å². The number of carbonyl (C=O) groups is 2. The molecule has 2 N–H and O–H groups in total. The van der Waals surface area contributed by atoms with Crippen molar-refractivity contribution in [1.29, 1.82) is 0 Å². The van der Waals surface area contributed by atoms with E-state index in [9.17, 15) is 9.59 Å². The maximum Gasteiger partial charge on any atom is 0.237 e. The van der Waals surface area contributed by atoms with E-state index in [2.05, 4.69) is 10.6 Å². The van der Waals surface area contributed by atoms with E-state index in [0.29, 0.717) is 17.2 Å². The second kappa shape index (κ2) is 9.15. The molecule has 1 unspecified atom stereocenters. The van der Waals surface area contributed by atoms with E-state index in [-0.39, 0.29) is 17.1 Å². The summed E-state index contributed by atoms with van der Waals surface area (Å²) in [6.45, 7) is 3.29. The van der Waals surface area contributed by atoms with Crippen LogP contribution in [-0.4, -0.2) is 31.3 Å². The van der Waals surface area contributed by atoms with Crippen molar-refractivity contribution < 1.29 is 19.1 Å². The smallest absolute Gasteiger partial charge is 0.237 e. The van der Waals surface area contributed by atoms with E-state index >= 15 is 0 Å². The van der Waals surface area contributed by atoms with Crippen molar-refractivity contribution in [3.05, 3.63) is 42.5 Å². The predicted octanol–water partition coefficient (Wildman–Crippen LogP) is 3.78. The average molecular weight is 374 g/mol. The lowest BCUT2D eigenvalue weighted by atomic mass is 10.2. The number of nitrogens with one attached hydrogen (secondary N) is 2. The molecule has 0 spiro atoms. The lowest BCUT2D eigenvalue weighted by molar-refractivity contribution is -0.115. The molecule has 0 aliphatic rings. The van der Waals surface area contributed by atoms with E-state index in [0.717, 1.165) is 10.6 Å². The van der Waals surface area contributed by atoms with Gasteiger partial charge in [0.25, 0.3) is 0 Å². The Balaban J connectivity index is 2.00. The molecule has 0 saturated heterocycles. The van der Waals surface area contributed by atoms with Crippen LogP contribution in [-0.2, 0) is 9.59 Å². The first-order valence-electron chi connectivity index (χ1n) is 8.00. The van der Waals surface area contributed by atoms with Crippen molar-refractivity contribution in [3.63, 3.8) is 0 Å². The summed E-state index contributed by atoms with van der Waals surface area (Å²) in [5.41, 5.74) is 1.31. The molecule has 2 rings (SSSR count). The van der Waals surface area contributed by atoms with Crippen LogP contribution in [0.1, 0.15) is 13.8 Å². The topological polar surface area (TPSA) is 76.7 Å². The molecule has 0 saturated carbocycles. The molecule has 2 aromatic rings. The Hall–Kier alpha value is -2.67. The third-order valence-electron chi connectivity index (χ3n) is 3.52. The molecular weight excluding hydrogens is 352 g/mol. The summed E-state index contributed by atoms with van der Waals surface area (Å²) in [6, 6.07) is 12.6. The lowest BCUT2D eigenvalue weighted by Crippen LogP contribution is -2.22. The molecule has 6 nitrogen and oxygen atoms in total. The van der Waals surface area contributed by atoms with E-state index in [4.69, 9.17) is 9.47 Å². The Morgan fingerprint density at radius 2 is 1.69 bits per heavy atom. The van der Waals surface area contributed by atoms with Crippen molar-refractivity contribution in [3.8, 4) is 11.5 Å². The van der Waals surface area contributed by atoms with Crippen molar-refractivity contribution >= 4 is 35.0 Å². The molecule has 0 fully saturated rings. The number of hydrogen-bond donors (Lipinski definition) is 2. The maximum absolute atomic E-state index is 12.5. The van der Waals surface area contributed by atoms with Crippen molar-refractivity contribution in [2.75, 3.05) is 24.9 Å². The first kappa shape index (κ1) is 19.7. The number of carbonyl (C=O) groups excluding carboxylic acids is 2. The minimum Gasteiger partial charge on any atom is -0.497 e. The van der Waals surface area contributed by atoms with Crippen LogP contribution in [0.15, 0.2) is 47.4 Å². The number of hydrogen-bond acceptors (Lipinski definition) is 5. The maximum atomic E-state index is 12.5. The van der Waals surface area contributed by atoms with Crippen LogP contribution in [0.4, 0.5) is 11.4 Å². The average Bonchev–Trinajstić information content (AvgIpc) is 2.63. The van der Waals surface area contributed by atoms with Gasteiger partial charge in [-0.1, -0.05) is 0 Å². The third-order valence-corrected chi connectivity index (χ3v) is 4.64. The molecule has 138 valence electrons. The zero-order valence-electron chi connectivity index (χ0n) is 15.2. The van der Waals surface area contributed by atoms with Crippen LogP contribution in [0.3, 0.4) is 0 Å². The first-order valence-corrected chi connectivity index (χ1v) is 8.88. The molecule has 0 heterocycles. The molecule has 0 aliphatic carbocycles. The van der Waals surface area contributed by atoms with E-state index in [1.165, 1.54) is 18.7 Å². The van der Waals surface area contributed by atoms with Gasteiger partial charge in [-0.15, -0.1) is 11.8 Å². The SMILES string of the molecule is COc1ccc(NC(=O)C(C)Sc2ccc(NC(C)=O)cc2)c(OC)c1. The normalized spacial score (nSPS) is 11.4. The van der Waals surface area contributed by atoms with Crippen LogP contribution in [0.2, 0.25) is 0 Å². The fourth-order valence-corrected chi connectivity index (χ4v) is 3.08.